The van der Waals surface area contributed by atoms with Crippen LogP contribution in [0, 0.1) is 0 Å². The highest BCUT2D eigenvalue weighted by molar-refractivity contribution is 6.11. The van der Waals surface area contributed by atoms with Crippen molar-refractivity contribution in [1.82, 2.24) is 0 Å². The Morgan fingerprint density at radius 3 is 1.63 bits per heavy atom. The van der Waals surface area contributed by atoms with Gasteiger partial charge < -0.3 is 9.32 Å². The lowest BCUT2D eigenvalue weighted by atomic mass is 9.70. The van der Waals surface area contributed by atoms with E-state index in [0.717, 1.165) is 33.3 Å². The van der Waals surface area contributed by atoms with Gasteiger partial charge >= 0.3 is 0 Å². The van der Waals surface area contributed by atoms with Crippen molar-refractivity contribution in [1.29, 1.82) is 0 Å². The van der Waals surface area contributed by atoms with Crippen molar-refractivity contribution in [3.8, 4) is 22.3 Å². The number of hydrogen-bond donors (Lipinski definition) is 0. The van der Waals surface area contributed by atoms with Crippen LogP contribution in [0.2, 0.25) is 0 Å². The van der Waals surface area contributed by atoms with Crippen molar-refractivity contribution in [2.75, 3.05) is 4.90 Å². The summed E-state index contributed by atoms with van der Waals surface area (Å²) in [7, 11) is 0. The minimum atomic E-state index is -0.464. The van der Waals surface area contributed by atoms with Crippen LogP contribution in [0.25, 0.3) is 55.0 Å². The second-order valence-electron chi connectivity index (χ2n) is 13.2. The molecule has 49 heavy (non-hydrogen) atoms. The molecule has 1 spiro atoms. The Hall–Kier alpha value is -6.38. The van der Waals surface area contributed by atoms with Crippen LogP contribution in [0.5, 0.6) is 0 Å². The Morgan fingerprint density at radius 2 is 0.939 bits per heavy atom. The normalized spacial score (nSPS) is 13.5. The zero-order chi connectivity index (χ0) is 32.1. The summed E-state index contributed by atoms with van der Waals surface area (Å²) in [6.07, 6.45) is 0. The van der Waals surface area contributed by atoms with Gasteiger partial charge in [-0.25, -0.2) is 0 Å². The van der Waals surface area contributed by atoms with Gasteiger partial charge in [0.05, 0.1) is 11.1 Å². The van der Waals surface area contributed by atoms with Crippen LogP contribution in [0.1, 0.15) is 22.3 Å². The van der Waals surface area contributed by atoms with Crippen molar-refractivity contribution in [3.05, 3.63) is 198 Å². The molecule has 0 fully saturated rings. The van der Waals surface area contributed by atoms with E-state index in [4.69, 9.17) is 4.42 Å². The second-order valence-corrected chi connectivity index (χ2v) is 13.2. The third-order valence-corrected chi connectivity index (χ3v) is 10.8. The first kappa shape index (κ1) is 26.7. The summed E-state index contributed by atoms with van der Waals surface area (Å²) in [5.41, 5.74) is 15.2. The van der Waals surface area contributed by atoms with Crippen molar-refractivity contribution < 1.29 is 4.42 Å². The lowest BCUT2D eigenvalue weighted by Crippen LogP contribution is -2.28. The Labute approximate surface area is 284 Å². The lowest BCUT2D eigenvalue weighted by molar-refractivity contribution is 0.669. The van der Waals surface area contributed by atoms with E-state index in [1.54, 1.807) is 0 Å². The number of anilines is 3. The van der Waals surface area contributed by atoms with Crippen molar-refractivity contribution in [3.63, 3.8) is 0 Å². The van der Waals surface area contributed by atoms with Gasteiger partial charge in [-0.15, -0.1) is 0 Å². The maximum Gasteiger partial charge on any atom is 0.136 e. The monoisotopic (exact) mass is 623 g/mol. The SMILES string of the molecule is c1ccc(N(c2ccc3oc4cc5ccccc5cc4c3c2)c2cccc3c2C2(c4ccccc4-c4ccccc42)c2ccccc2-3)cc1. The average Bonchev–Trinajstić information content (AvgIpc) is 3.78. The minimum Gasteiger partial charge on any atom is -0.456 e. The van der Waals surface area contributed by atoms with Gasteiger partial charge in [-0.1, -0.05) is 127 Å². The van der Waals surface area contributed by atoms with Crippen LogP contribution < -0.4 is 4.90 Å². The number of furan rings is 1. The smallest absolute Gasteiger partial charge is 0.136 e. The zero-order valence-corrected chi connectivity index (χ0v) is 26.6. The highest BCUT2D eigenvalue weighted by Crippen LogP contribution is 2.65. The first-order valence-electron chi connectivity index (χ1n) is 16.9. The summed E-state index contributed by atoms with van der Waals surface area (Å²) in [5.74, 6) is 0. The molecule has 11 rings (SSSR count). The molecule has 1 aromatic heterocycles. The van der Waals surface area contributed by atoms with E-state index in [1.807, 2.05) is 0 Å². The number of benzene rings is 8. The molecule has 0 amide bonds. The van der Waals surface area contributed by atoms with Gasteiger partial charge in [0.15, 0.2) is 0 Å². The largest absolute Gasteiger partial charge is 0.456 e. The molecule has 0 atom stereocenters. The minimum absolute atomic E-state index is 0.464. The van der Waals surface area contributed by atoms with E-state index < -0.39 is 5.41 Å². The molecule has 2 heteroatoms. The molecule has 2 aliphatic carbocycles. The summed E-state index contributed by atoms with van der Waals surface area (Å²) in [5, 5.41) is 4.63. The molecule has 2 aliphatic rings. The van der Waals surface area contributed by atoms with Crippen LogP contribution in [0.4, 0.5) is 17.1 Å². The molecule has 228 valence electrons. The molecule has 0 N–H and O–H groups in total. The molecule has 9 aromatic rings. The zero-order valence-electron chi connectivity index (χ0n) is 26.6. The standard InChI is InChI=1S/C47H29NO/c1-2-15-32(16-3-1)48(33-25-26-44-39(29-33)38-27-30-13-4-5-14-31(30)28-45(38)49-44)43-24-12-20-37-36-19-8-11-23-42(36)47(46(37)43)40-21-9-6-17-34(40)35-18-7-10-22-41(35)47/h1-29H. The van der Waals surface area contributed by atoms with Crippen molar-refractivity contribution in [2.24, 2.45) is 0 Å². The second kappa shape index (κ2) is 9.82. The van der Waals surface area contributed by atoms with E-state index in [0.29, 0.717) is 0 Å². The van der Waals surface area contributed by atoms with Crippen molar-refractivity contribution in [2.45, 2.75) is 5.41 Å². The van der Waals surface area contributed by atoms with Crippen LogP contribution in [-0.2, 0) is 5.41 Å². The topological polar surface area (TPSA) is 16.4 Å². The Bertz CT molecular complexity index is 2730. The molecule has 1 heterocycles. The van der Waals surface area contributed by atoms with E-state index in [9.17, 15) is 0 Å². The summed E-state index contributed by atoms with van der Waals surface area (Å²) >= 11 is 0. The highest BCUT2D eigenvalue weighted by atomic mass is 16.3. The number of hydrogen-bond acceptors (Lipinski definition) is 2. The first-order chi connectivity index (χ1) is 24.3. The third-order valence-electron chi connectivity index (χ3n) is 10.8. The molecular formula is C47H29NO. The van der Waals surface area contributed by atoms with E-state index in [1.165, 1.54) is 61.0 Å². The number of fused-ring (bicyclic) bond motifs is 14. The Kier molecular flexibility index (Phi) is 5.34. The molecular weight excluding hydrogens is 595 g/mol. The molecule has 0 saturated carbocycles. The maximum atomic E-state index is 6.46. The van der Waals surface area contributed by atoms with Crippen LogP contribution >= 0.6 is 0 Å². The summed E-state index contributed by atoms with van der Waals surface area (Å²) < 4.78 is 6.46. The van der Waals surface area contributed by atoms with Crippen molar-refractivity contribution >= 4 is 49.8 Å². The highest BCUT2D eigenvalue weighted by Gasteiger charge is 2.53. The van der Waals surface area contributed by atoms with Gasteiger partial charge in [-0.3, -0.25) is 0 Å². The summed E-state index contributed by atoms with van der Waals surface area (Å²) in [4.78, 5) is 2.45. The predicted molar refractivity (Wildman–Crippen MR) is 202 cm³/mol. The van der Waals surface area contributed by atoms with Gasteiger partial charge in [-0.2, -0.15) is 0 Å². The third kappa shape index (κ3) is 3.50. The molecule has 0 saturated heterocycles. The molecule has 0 bridgehead atoms. The van der Waals surface area contributed by atoms with Crippen LogP contribution in [0.3, 0.4) is 0 Å². The van der Waals surface area contributed by atoms with Gasteiger partial charge in [0.1, 0.15) is 11.2 Å². The fourth-order valence-corrected chi connectivity index (χ4v) is 8.91. The summed E-state index contributed by atoms with van der Waals surface area (Å²) in [6.45, 7) is 0. The molecule has 0 aliphatic heterocycles. The fourth-order valence-electron chi connectivity index (χ4n) is 8.91. The van der Waals surface area contributed by atoms with Gasteiger partial charge in [0, 0.05) is 27.7 Å². The molecule has 2 nitrogen and oxygen atoms in total. The molecule has 8 aromatic carbocycles. The Morgan fingerprint density at radius 1 is 0.388 bits per heavy atom. The van der Waals surface area contributed by atoms with Crippen LogP contribution in [0.15, 0.2) is 180 Å². The quantitative estimate of drug-likeness (QED) is 0.195. The summed E-state index contributed by atoms with van der Waals surface area (Å²) in [6, 6.07) is 64.3. The molecule has 0 radical (unpaired) electrons. The van der Waals surface area contributed by atoms with E-state index in [-0.39, 0.29) is 0 Å². The number of nitrogens with zero attached hydrogens (tertiary/aromatic N) is 1. The maximum absolute atomic E-state index is 6.46. The molecule has 0 unspecified atom stereocenters. The predicted octanol–water partition coefficient (Wildman–Crippen LogP) is 12.6. The first-order valence-corrected chi connectivity index (χ1v) is 16.9. The lowest BCUT2D eigenvalue weighted by Gasteiger charge is -2.35. The van der Waals surface area contributed by atoms with Gasteiger partial charge in [0.25, 0.3) is 0 Å². The van der Waals surface area contributed by atoms with Crippen LogP contribution in [-0.4, -0.2) is 0 Å². The Balaban J connectivity index is 1.24. The van der Waals surface area contributed by atoms with Gasteiger partial charge in [0.2, 0.25) is 0 Å². The van der Waals surface area contributed by atoms with Gasteiger partial charge in [-0.05, 0) is 98.2 Å². The fraction of sp³-hybridized carbons (Fsp3) is 0.0213. The number of para-hydroxylation sites is 1. The van der Waals surface area contributed by atoms with E-state index >= 15 is 0 Å². The van der Waals surface area contributed by atoms with E-state index in [2.05, 4.69) is 181 Å². The number of rotatable bonds is 3. The average molecular weight is 624 g/mol.